The molecule has 1 aromatic heterocycles. The highest BCUT2D eigenvalue weighted by molar-refractivity contribution is 6.36. The largest absolute Gasteiger partial charge is 0.478 e. The minimum Gasteiger partial charge on any atom is -0.478 e. The zero-order valence-corrected chi connectivity index (χ0v) is 35.4. The zero-order chi connectivity index (χ0) is 45.0. The Hall–Kier alpha value is -5.75. The number of amides is 7. The predicted octanol–water partition coefficient (Wildman–Crippen LogP) is 0.680. The molecule has 334 valence electrons. The minimum atomic E-state index is -1.58. The number of rotatable bonds is 18. The number of aromatic nitrogens is 1. The van der Waals surface area contributed by atoms with Crippen LogP contribution in [-0.2, 0) is 38.4 Å². The van der Waals surface area contributed by atoms with E-state index in [1.807, 2.05) is 0 Å². The lowest BCUT2D eigenvalue weighted by Crippen LogP contribution is -2.62. The van der Waals surface area contributed by atoms with Gasteiger partial charge < -0.3 is 42.3 Å². The van der Waals surface area contributed by atoms with E-state index < -0.39 is 119 Å². The van der Waals surface area contributed by atoms with Crippen molar-refractivity contribution in [3.8, 4) is 0 Å². The quantitative estimate of drug-likeness (QED) is 0.100. The number of pyridine rings is 1. The maximum Gasteiger partial charge on any atom is 0.338 e. The third-order valence-electron chi connectivity index (χ3n) is 11.7. The van der Waals surface area contributed by atoms with E-state index >= 15 is 0 Å². The number of carbonyl (C=O) groups excluding carboxylic acids is 9. The SMILES string of the molecule is CCNC(=O)C(=O)CC[C@H](NC(=O)c1ccncc1C(=O)O)C(=O)N[C@H](C(=O)N1CC(=O)C[C@H]1C(=O)N[C@H](C(=O)N[C@H](C(N)=O)C1CCCCC1)C1CCCCC1)C(C)(C)C. The van der Waals surface area contributed by atoms with Crippen molar-refractivity contribution in [2.75, 3.05) is 13.1 Å². The fourth-order valence-corrected chi connectivity index (χ4v) is 8.38. The molecule has 1 aromatic rings. The maximum absolute atomic E-state index is 14.5. The summed E-state index contributed by atoms with van der Waals surface area (Å²) in [6.07, 6.45) is 8.89. The summed E-state index contributed by atoms with van der Waals surface area (Å²) >= 11 is 0. The number of nitrogens with two attached hydrogens (primary N) is 1. The van der Waals surface area contributed by atoms with Crippen LogP contribution in [-0.4, -0.2) is 117 Å². The Labute approximate surface area is 354 Å². The number of aromatic carboxylic acids is 1. The van der Waals surface area contributed by atoms with Crippen LogP contribution in [0.2, 0.25) is 0 Å². The predicted molar refractivity (Wildman–Crippen MR) is 218 cm³/mol. The topological polar surface area (TPSA) is 293 Å². The molecule has 2 aliphatic carbocycles. The van der Waals surface area contributed by atoms with E-state index in [1.165, 1.54) is 6.20 Å². The standard InChI is InChI=1S/C42H60N8O11/c1-5-45-38(57)30(52)17-16-28(46-35(54)26-18-19-44-21-27(26)41(60)61)36(55)49-33(42(2,3)4)40(59)50-22-25(51)20-29(50)37(56)48-32(24-14-10-7-11-15-24)39(58)47-31(34(43)53)23-12-8-6-9-13-23/h18-19,21,23-24,28-29,31-33H,5-17,20,22H2,1-4H3,(H2,43,53)(H,45,57)(H,46,54)(H,47,58)(H,48,56)(H,49,55)(H,60,61)/t28-,29-,31-,32-,33+/m0/s1. The number of likely N-dealkylation sites (N-methyl/N-ethyl adjacent to an activating group) is 1. The summed E-state index contributed by atoms with van der Waals surface area (Å²) < 4.78 is 0. The third-order valence-corrected chi connectivity index (χ3v) is 11.7. The van der Waals surface area contributed by atoms with Gasteiger partial charge in [0.2, 0.25) is 35.3 Å². The number of Topliss-reactive ketones (excluding diaryl/α,β-unsaturated/α-hetero) is 2. The van der Waals surface area contributed by atoms with Crippen LogP contribution < -0.4 is 32.3 Å². The molecule has 2 heterocycles. The number of carboxylic acid groups (broad SMARTS) is 1. The number of hydrogen-bond donors (Lipinski definition) is 7. The first kappa shape index (κ1) is 47.9. The van der Waals surface area contributed by atoms with Crippen molar-refractivity contribution in [1.82, 2.24) is 36.5 Å². The molecule has 0 unspecified atom stereocenters. The summed E-state index contributed by atoms with van der Waals surface area (Å²) in [6, 6.07) is -5.26. The smallest absolute Gasteiger partial charge is 0.338 e. The highest BCUT2D eigenvalue weighted by Crippen LogP contribution is 2.30. The molecule has 19 nitrogen and oxygen atoms in total. The van der Waals surface area contributed by atoms with E-state index in [4.69, 9.17) is 5.73 Å². The summed E-state index contributed by atoms with van der Waals surface area (Å²) in [7, 11) is 0. The number of carbonyl (C=O) groups is 10. The third kappa shape index (κ3) is 12.9. The molecule has 7 amide bonds. The van der Waals surface area contributed by atoms with Gasteiger partial charge in [-0.1, -0.05) is 59.3 Å². The molecule has 19 heteroatoms. The Bertz CT molecular complexity index is 1850. The van der Waals surface area contributed by atoms with E-state index in [9.17, 15) is 53.1 Å². The Morgan fingerprint density at radius 2 is 1.44 bits per heavy atom. The van der Waals surface area contributed by atoms with Gasteiger partial charge in [-0.25, -0.2) is 4.79 Å². The molecule has 3 fully saturated rings. The molecule has 0 radical (unpaired) electrons. The summed E-state index contributed by atoms with van der Waals surface area (Å²) in [6.45, 7) is 6.14. The van der Waals surface area contributed by atoms with E-state index in [2.05, 4.69) is 31.6 Å². The second kappa shape index (κ2) is 21.7. The average molecular weight is 853 g/mol. The summed E-state index contributed by atoms with van der Waals surface area (Å²) in [5.41, 5.74) is 3.87. The van der Waals surface area contributed by atoms with Crippen LogP contribution >= 0.6 is 0 Å². The number of ketones is 2. The Morgan fingerprint density at radius 3 is 2.00 bits per heavy atom. The van der Waals surface area contributed by atoms with Crippen LogP contribution in [0.5, 0.6) is 0 Å². The molecular weight excluding hydrogens is 793 g/mol. The van der Waals surface area contributed by atoms with E-state index in [1.54, 1.807) is 27.7 Å². The summed E-state index contributed by atoms with van der Waals surface area (Å²) in [5, 5.41) is 22.7. The van der Waals surface area contributed by atoms with Crippen LogP contribution in [0.15, 0.2) is 18.5 Å². The molecule has 3 aliphatic rings. The van der Waals surface area contributed by atoms with Crippen LogP contribution in [0, 0.1) is 17.3 Å². The van der Waals surface area contributed by atoms with Crippen LogP contribution in [0.25, 0.3) is 0 Å². The first-order chi connectivity index (χ1) is 28.8. The van der Waals surface area contributed by atoms with Crippen molar-refractivity contribution >= 4 is 58.9 Å². The number of likely N-dealkylation sites (tertiary alicyclic amines) is 1. The highest BCUT2D eigenvalue weighted by Gasteiger charge is 2.46. The molecule has 4 rings (SSSR count). The molecular formula is C42H60N8O11. The van der Waals surface area contributed by atoms with Gasteiger partial charge in [0.15, 0.2) is 5.78 Å². The Balaban J connectivity index is 1.58. The van der Waals surface area contributed by atoms with Crippen molar-refractivity contribution in [3.05, 3.63) is 29.6 Å². The average Bonchev–Trinajstić information content (AvgIpc) is 3.63. The van der Waals surface area contributed by atoms with Gasteiger partial charge in [0.05, 0.1) is 17.7 Å². The van der Waals surface area contributed by atoms with Crippen molar-refractivity contribution < 1.29 is 53.1 Å². The summed E-state index contributed by atoms with van der Waals surface area (Å²) in [5.74, 6) is -8.96. The van der Waals surface area contributed by atoms with Crippen LogP contribution in [0.3, 0.4) is 0 Å². The van der Waals surface area contributed by atoms with Gasteiger partial charge in [0, 0.05) is 31.8 Å². The highest BCUT2D eigenvalue weighted by atomic mass is 16.4. The van der Waals surface area contributed by atoms with Gasteiger partial charge in [-0.05, 0) is 62.3 Å². The first-order valence-corrected chi connectivity index (χ1v) is 21.2. The van der Waals surface area contributed by atoms with Crippen molar-refractivity contribution in [1.29, 1.82) is 0 Å². The molecule has 8 N–H and O–H groups in total. The van der Waals surface area contributed by atoms with Gasteiger partial charge in [-0.3, -0.25) is 48.1 Å². The monoisotopic (exact) mass is 852 g/mol. The normalized spacial score (nSPS) is 19.4. The van der Waals surface area contributed by atoms with E-state index in [-0.39, 0.29) is 30.4 Å². The molecule has 1 aliphatic heterocycles. The van der Waals surface area contributed by atoms with Crippen LogP contribution in [0.4, 0.5) is 0 Å². The minimum absolute atomic E-state index is 0.144. The van der Waals surface area contributed by atoms with Crippen molar-refractivity contribution in [2.45, 2.75) is 141 Å². The lowest BCUT2D eigenvalue weighted by atomic mass is 9.81. The molecule has 0 spiro atoms. The Kier molecular flexibility index (Phi) is 17.0. The molecule has 5 atom stereocenters. The molecule has 0 aromatic carbocycles. The lowest BCUT2D eigenvalue weighted by molar-refractivity contribution is -0.145. The van der Waals surface area contributed by atoms with Gasteiger partial charge >= 0.3 is 5.97 Å². The first-order valence-electron chi connectivity index (χ1n) is 21.2. The molecule has 1 saturated heterocycles. The van der Waals surface area contributed by atoms with Gasteiger partial charge in [0.1, 0.15) is 30.2 Å². The van der Waals surface area contributed by atoms with E-state index in [0.29, 0.717) is 12.8 Å². The summed E-state index contributed by atoms with van der Waals surface area (Å²) in [4.78, 5) is 137. The fraction of sp³-hybridized carbons (Fsp3) is 0.643. The number of nitrogens with one attached hydrogen (secondary N) is 5. The second-order valence-electron chi connectivity index (χ2n) is 17.3. The van der Waals surface area contributed by atoms with Crippen LogP contribution in [0.1, 0.15) is 132 Å². The van der Waals surface area contributed by atoms with Gasteiger partial charge in [-0.15, -0.1) is 0 Å². The second-order valence-corrected chi connectivity index (χ2v) is 17.3. The maximum atomic E-state index is 14.5. The van der Waals surface area contributed by atoms with E-state index in [0.717, 1.165) is 68.5 Å². The Morgan fingerprint density at radius 1 is 0.836 bits per heavy atom. The molecule has 2 saturated carbocycles. The fourth-order valence-electron chi connectivity index (χ4n) is 8.38. The number of primary amides is 1. The molecule has 0 bridgehead atoms. The number of nitrogens with zero attached hydrogens (tertiary/aromatic N) is 2. The lowest BCUT2D eigenvalue weighted by Gasteiger charge is -2.37. The molecule has 61 heavy (non-hydrogen) atoms. The number of hydrogen-bond acceptors (Lipinski definition) is 11. The van der Waals surface area contributed by atoms with Crippen molar-refractivity contribution in [3.63, 3.8) is 0 Å². The van der Waals surface area contributed by atoms with Gasteiger partial charge in [0.25, 0.3) is 11.8 Å². The van der Waals surface area contributed by atoms with Gasteiger partial charge in [-0.2, -0.15) is 0 Å². The number of carboxylic acids is 1. The zero-order valence-electron chi connectivity index (χ0n) is 35.4. The van der Waals surface area contributed by atoms with Crippen molar-refractivity contribution in [2.24, 2.45) is 23.0 Å².